The monoisotopic (exact) mass is 1130 g/mol. The van der Waals surface area contributed by atoms with E-state index >= 15 is 0 Å². The van der Waals surface area contributed by atoms with Crippen molar-refractivity contribution in [2.45, 2.75) is 262 Å². The van der Waals surface area contributed by atoms with Crippen LogP contribution in [0.5, 0.6) is 0 Å². The van der Waals surface area contributed by atoms with Crippen molar-refractivity contribution < 1.29 is 87.1 Å². The van der Waals surface area contributed by atoms with Crippen molar-refractivity contribution in [1.29, 1.82) is 0 Å². The van der Waals surface area contributed by atoms with Crippen molar-refractivity contribution in [3.8, 4) is 0 Å². The van der Waals surface area contributed by atoms with E-state index in [-0.39, 0.29) is 51.2 Å². The number of aliphatic hydroxyl groups is 4. The van der Waals surface area contributed by atoms with Gasteiger partial charge in [0.15, 0.2) is 0 Å². The molecule has 1 saturated heterocycles. The van der Waals surface area contributed by atoms with Crippen LogP contribution in [0, 0.1) is 0 Å². The van der Waals surface area contributed by atoms with Gasteiger partial charge >= 0.3 is 30.5 Å². The lowest BCUT2D eigenvalue weighted by Gasteiger charge is -2.51. The van der Waals surface area contributed by atoms with Crippen molar-refractivity contribution in [3.05, 3.63) is 11.8 Å². The molecule has 2 aliphatic carbocycles. The molecule has 0 aromatic carbocycles. The fourth-order valence-electron chi connectivity index (χ4n) is 9.70. The number of hydrogen-bond acceptors (Lipinski definition) is 19. The summed E-state index contributed by atoms with van der Waals surface area (Å²) in [7, 11) is 1.37. The summed E-state index contributed by atoms with van der Waals surface area (Å²) in [6, 6.07) is -4.99. The number of hydrogen-bond donors (Lipinski definition) is 9. The van der Waals surface area contributed by atoms with Gasteiger partial charge in [-0.3, -0.25) is 4.79 Å². The second kappa shape index (κ2) is 26.8. The third-order valence-electron chi connectivity index (χ3n) is 13.0. The standard InChI is InChI=1S/C54H95N7O18/c1-49(2,3)75-44(66)56-25-23-35(62)42(65)57-33-27-34(59-46(68)77-51(7,8)9)40(38(64)39(33)73-36-22-24-54(16,71)41(37(36)63)60(17)47(69)78-52(10,11)12)74-43-32(58-45(67)76-50(4,5)6)21-20-31(72-43)29-55-28-30-19-18-26-61(30)48(70)79-53(13,14)15/h20,30,32-41,43,55,62-64,71H,18-19,21-29H2,1-17H3,(H,56,66)(H,57,65)(H,58,67)(H,59,68)/t30?,32-,33-,34+,35+,36+,37+,38-,39+,40-,41-,43-,54+/m1/s1. The highest BCUT2D eigenvalue weighted by atomic mass is 16.7. The molecule has 13 atom stereocenters. The maximum Gasteiger partial charge on any atom is 0.410 e. The molecule has 25 nitrogen and oxygen atoms in total. The quantitative estimate of drug-likeness (QED) is 0.0978. The molecule has 454 valence electrons. The van der Waals surface area contributed by atoms with Crippen molar-refractivity contribution in [1.82, 2.24) is 36.4 Å². The Labute approximate surface area is 466 Å². The van der Waals surface area contributed by atoms with Crippen LogP contribution in [-0.4, -0.2) is 207 Å². The first-order valence-electron chi connectivity index (χ1n) is 27.5. The van der Waals surface area contributed by atoms with Crippen LogP contribution < -0.4 is 26.6 Å². The number of carbonyl (C=O) groups is 6. The van der Waals surface area contributed by atoms with Crippen LogP contribution in [0.3, 0.4) is 0 Å². The number of ether oxygens (including phenoxy) is 8. The largest absolute Gasteiger partial charge is 0.466 e. The Morgan fingerprint density at radius 2 is 1.27 bits per heavy atom. The molecule has 0 aromatic heterocycles. The van der Waals surface area contributed by atoms with Crippen LogP contribution >= 0.6 is 0 Å². The summed E-state index contributed by atoms with van der Waals surface area (Å²) in [5.74, 6) is -0.574. The topological polar surface area (TPSA) is 324 Å². The minimum atomic E-state index is -1.85. The molecule has 0 spiro atoms. The molecule has 2 heterocycles. The SMILES string of the molecule is CN(C(=O)OC(C)(C)C)[C@@H]1[C@@H](O)[C@@H](O[C@@H]2[C@@H](O)[C@H](O[C@H]3OC(CNCC4CCCN4C(=O)OC(C)(C)C)=CC[C@H]3NC(=O)OC(C)(C)C)[C@@H](NC(=O)OC(C)(C)C)C[C@H]2NC(=O)[C@@H](O)CCNC(=O)OC(C)(C)C)CC[C@]1(C)O. The van der Waals surface area contributed by atoms with Crippen LogP contribution in [0.1, 0.15) is 156 Å². The number of nitrogens with zero attached hydrogens (tertiary/aromatic N) is 2. The minimum absolute atomic E-state index is 0.0185. The number of amides is 6. The van der Waals surface area contributed by atoms with Gasteiger partial charge in [0.2, 0.25) is 12.2 Å². The van der Waals surface area contributed by atoms with Gasteiger partial charge in [-0.2, -0.15) is 0 Å². The molecule has 2 saturated carbocycles. The summed E-state index contributed by atoms with van der Waals surface area (Å²) in [6.07, 6.45) is -11.9. The normalized spacial score (nSPS) is 29.2. The van der Waals surface area contributed by atoms with Gasteiger partial charge in [0.1, 0.15) is 64.3 Å². The number of likely N-dealkylation sites (tertiary alicyclic amines) is 1. The molecule has 0 radical (unpaired) electrons. The molecule has 0 aromatic rings. The molecule has 0 bridgehead atoms. The predicted octanol–water partition coefficient (Wildman–Crippen LogP) is 4.20. The van der Waals surface area contributed by atoms with Gasteiger partial charge in [0.05, 0.1) is 42.4 Å². The Hall–Kier alpha value is -4.92. The molecule has 1 unspecified atom stereocenters. The maximum absolute atomic E-state index is 14.0. The van der Waals surface area contributed by atoms with E-state index in [9.17, 15) is 49.2 Å². The number of rotatable bonds is 16. The van der Waals surface area contributed by atoms with Crippen molar-refractivity contribution >= 4 is 36.4 Å². The predicted molar refractivity (Wildman–Crippen MR) is 287 cm³/mol. The van der Waals surface area contributed by atoms with E-state index in [1.165, 1.54) is 14.0 Å². The molecule has 3 fully saturated rings. The lowest BCUT2D eigenvalue weighted by Crippen LogP contribution is -2.69. The Balaban J connectivity index is 1.74. The first-order chi connectivity index (χ1) is 36.1. The Bertz CT molecular complexity index is 2110. The van der Waals surface area contributed by atoms with Gasteiger partial charge in [0, 0.05) is 32.7 Å². The summed E-state index contributed by atoms with van der Waals surface area (Å²) in [6.45, 7) is 27.8. The van der Waals surface area contributed by atoms with Gasteiger partial charge in [-0.05, 0) is 162 Å². The van der Waals surface area contributed by atoms with Crippen LogP contribution in [0.2, 0.25) is 0 Å². The first-order valence-corrected chi connectivity index (χ1v) is 27.5. The van der Waals surface area contributed by atoms with Gasteiger partial charge in [0.25, 0.3) is 0 Å². The number of alkyl carbamates (subject to hydrolysis) is 3. The molecule has 25 heteroatoms. The summed E-state index contributed by atoms with van der Waals surface area (Å²) in [5.41, 5.74) is -6.00. The van der Waals surface area contributed by atoms with Crippen LogP contribution in [-0.2, 0) is 42.7 Å². The molecular weight excluding hydrogens is 1030 g/mol. The molecule has 6 amide bonds. The van der Waals surface area contributed by atoms with Crippen LogP contribution in [0.25, 0.3) is 0 Å². The molecule has 4 aliphatic rings. The number of nitrogens with one attached hydrogen (secondary N) is 5. The zero-order chi connectivity index (χ0) is 59.8. The molecule has 79 heavy (non-hydrogen) atoms. The van der Waals surface area contributed by atoms with Crippen molar-refractivity contribution in [3.63, 3.8) is 0 Å². The van der Waals surface area contributed by atoms with Crippen molar-refractivity contribution in [2.75, 3.05) is 33.2 Å². The molecule has 2 aliphatic heterocycles. The molecule has 9 N–H and O–H groups in total. The second-order valence-corrected chi connectivity index (χ2v) is 26.2. The van der Waals surface area contributed by atoms with E-state index in [2.05, 4.69) is 26.6 Å². The lowest BCUT2D eigenvalue weighted by atomic mass is 9.77. The third-order valence-corrected chi connectivity index (χ3v) is 13.0. The van der Waals surface area contributed by atoms with Gasteiger partial charge in [-0.25, -0.2) is 24.0 Å². The number of likely N-dealkylation sites (N-methyl/N-ethyl adjacent to an activating group) is 1. The average molecular weight is 1130 g/mol. The Kier molecular flexibility index (Phi) is 22.6. The zero-order valence-electron chi connectivity index (χ0n) is 49.7. The van der Waals surface area contributed by atoms with E-state index in [4.69, 9.17) is 37.9 Å². The summed E-state index contributed by atoms with van der Waals surface area (Å²) in [5, 5.41) is 62.0. The summed E-state index contributed by atoms with van der Waals surface area (Å²) < 4.78 is 47.7. The van der Waals surface area contributed by atoms with E-state index in [1.54, 1.807) is 115 Å². The van der Waals surface area contributed by atoms with Gasteiger partial charge in [-0.1, -0.05) is 0 Å². The van der Waals surface area contributed by atoms with E-state index < -0.39 is 137 Å². The number of aliphatic hydroxyl groups excluding tert-OH is 3. The second-order valence-electron chi connectivity index (χ2n) is 26.2. The molecule has 4 rings (SSSR count). The van der Waals surface area contributed by atoms with E-state index in [0.717, 1.165) is 17.7 Å². The van der Waals surface area contributed by atoms with Crippen LogP contribution in [0.4, 0.5) is 24.0 Å². The number of carbonyl (C=O) groups excluding carboxylic acids is 6. The fraction of sp³-hybridized carbons (Fsp3) is 0.852. The van der Waals surface area contributed by atoms with Crippen molar-refractivity contribution in [2.24, 2.45) is 0 Å². The smallest absolute Gasteiger partial charge is 0.410 e. The summed E-state index contributed by atoms with van der Waals surface area (Å²) >= 11 is 0. The van der Waals surface area contributed by atoms with Crippen LogP contribution in [0.15, 0.2) is 11.8 Å². The zero-order valence-corrected chi connectivity index (χ0v) is 49.7. The fourth-order valence-corrected chi connectivity index (χ4v) is 9.70. The van der Waals surface area contributed by atoms with E-state index in [1.807, 2.05) is 0 Å². The first kappa shape index (κ1) is 66.6. The minimum Gasteiger partial charge on any atom is -0.466 e. The Morgan fingerprint density at radius 1 is 0.734 bits per heavy atom. The highest BCUT2D eigenvalue weighted by molar-refractivity contribution is 5.81. The van der Waals surface area contributed by atoms with Gasteiger partial charge in [-0.15, -0.1) is 0 Å². The third kappa shape index (κ3) is 21.5. The highest BCUT2D eigenvalue weighted by Gasteiger charge is 2.54. The molecular formula is C54H95N7O18. The van der Waals surface area contributed by atoms with Gasteiger partial charge < -0.3 is 94.7 Å². The lowest BCUT2D eigenvalue weighted by molar-refractivity contribution is -0.246. The highest BCUT2D eigenvalue weighted by Crippen LogP contribution is 2.38. The maximum atomic E-state index is 14.0. The summed E-state index contributed by atoms with van der Waals surface area (Å²) in [4.78, 5) is 82.8. The van der Waals surface area contributed by atoms with E-state index in [0.29, 0.717) is 18.8 Å². The Morgan fingerprint density at radius 3 is 1.84 bits per heavy atom. The average Bonchev–Trinajstić information content (AvgIpc) is 3.73.